The third-order valence-corrected chi connectivity index (χ3v) is 14.6. The molecule has 14 rings (SSSR count). The summed E-state index contributed by atoms with van der Waals surface area (Å²) in [4.78, 5) is 5.08. The Balaban J connectivity index is 1.04. The number of hydrogen-bond donors (Lipinski definition) is 0. The predicted octanol–water partition coefficient (Wildman–Crippen LogP) is 15.5. The summed E-state index contributed by atoms with van der Waals surface area (Å²) in [6.45, 7) is -0.0476. The fourth-order valence-corrected chi connectivity index (χ4v) is 11.4. The van der Waals surface area contributed by atoms with Gasteiger partial charge in [0.25, 0.3) is 6.71 Å². The van der Waals surface area contributed by atoms with Gasteiger partial charge in [-0.05, 0) is 128 Å². The van der Waals surface area contributed by atoms with Crippen molar-refractivity contribution in [1.82, 2.24) is 4.57 Å². The first-order chi connectivity index (χ1) is 34.7. The number of benzene rings is 11. The zero-order chi connectivity index (χ0) is 46.1. The minimum Gasteiger partial charge on any atom is -0.311 e. The van der Waals surface area contributed by atoms with Crippen LogP contribution in [0, 0.1) is 0 Å². The number of fused-ring (bicyclic) bond motifs is 8. The summed E-state index contributed by atoms with van der Waals surface area (Å²) in [5, 5.41) is 2.46. The second-order valence-electron chi connectivity index (χ2n) is 18.4. The number of rotatable bonds is 7. The molecule has 0 saturated heterocycles. The Bertz CT molecular complexity index is 3920. The van der Waals surface area contributed by atoms with Crippen LogP contribution in [0.5, 0.6) is 0 Å². The molecule has 0 N–H and O–H groups in total. The largest absolute Gasteiger partial charge is 0.311 e. The summed E-state index contributed by atoms with van der Waals surface area (Å²) in [5.74, 6) is 0. The molecule has 4 heteroatoms. The van der Waals surface area contributed by atoms with Crippen molar-refractivity contribution in [3.05, 3.63) is 267 Å². The van der Waals surface area contributed by atoms with E-state index >= 15 is 0 Å². The van der Waals surface area contributed by atoms with Gasteiger partial charge in [-0.3, -0.25) is 0 Å². The highest BCUT2D eigenvalue weighted by Gasteiger charge is 2.44. The number of aromatic nitrogens is 1. The van der Waals surface area contributed by atoms with Crippen LogP contribution in [0.1, 0.15) is 0 Å². The summed E-state index contributed by atoms with van der Waals surface area (Å²) in [7, 11) is 0. The van der Waals surface area contributed by atoms with Crippen molar-refractivity contribution in [3.63, 3.8) is 0 Å². The van der Waals surface area contributed by atoms with Gasteiger partial charge in [0.2, 0.25) is 0 Å². The Hall–Kier alpha value is -9.12. The summed E-state index contributed by atoms with van der Waals surface area (Å²) in [6.07, 6.45) is 0. The Labute approximate surface area is 408 Å². The normalized spacial score (nSPS) is 12.5. The third kappa shape index (κ3) is 6.38. The molecule has 3 nitrogen and oxygen atoms in total. The van der Waals surface area contributed by atoms with Crippen LogP contribution in [0.2, 0.25) is 0 Å². The van der Waals surface area contributed by atoms with E-state index in [2.05, 4.69) is 281 Å². The van der Waals surface area contributed by atoms with Gasteiger partial charge < -0.3 is 14.4 Å². The molecule has 0 amide bonds. The van der Waals surface area contributed by atoms with Gasteiger partial charge >= 0.3 is 0 Å². The lowest BCUT2D eigenvalue weighted by molar-refractivity contribution is 1.18. The fraction of sp³-hybridized carbons (Fsp3) is 0. The lowest BCUT2D eigenvalue weighted by Gasteiger charge is -2.44. The Morgan fingerprint density at radius 1 is 0.271 bits per heavy atom. The molecule has 0 radical (unpaired) electrons. The minimum atomic E-state index is -0.0476. The molecule has 1 aromatic heterocycles. The first-order valence-electron chi connectivity index (χ1n) is 24.2. The molecule has 3 heterocycles. The molecule has 0 bridgehead atoms. The Morgan fingerprint density at radius 2 is 0.729 bits per heavy atom. The second-order valence-corrected chi connectivity index (χ2v) is 18.4. The van der Waals surface area contributed by atoms with Crippen molar-refractivity contribution in [3.8, 4) is 50.2 Å². The second kappa shape index (κ2) is 16.3. The molecule has 0 aliphatic carbocycles. The van der Waals surface area contributed by atoms with Crippen molar-refractivity contribution in [2.45, 2.75) is 0 Å². The van der Waals surface area contributed by atoms with Gasteiger partial charge in [-0.2, -0.15) is 0 Å². The molecule has 326 valence electrons. The fourth-order valence-electron chi connectivity index (χ4n) is 11.4. The lowest BCUT2D eigenvalue weighted by atomic mass is 9.33. The highest BCUT2D eigenvalue weighted by atomic mass is 15.2. The molecule has 11 aromatic carbocycles. The third-order valence-electron chi connectivity index (χ3n) is 14.6. The van der Waals surface area contributed by atoms with E-state index in [0.29, 0.717) is 0 Å². The van der Waals surface area contributed by atoms with Crippen LogP contribution < -0.4 is 26.2 Å². The highest BCUT2D eigenvalue weighted by molar-refractivity contribution is 7.00. The molecule has 70 heavy (non-hydrogen) atoms. The molecule has 12 aromatic rings. The first-order valence-corrected chi connectivity index (χ1v) is 24.2. The van der Waals surface area contributed by atoms with Crippen LogP contribution in [0.4, 0.5) is 34.1 Å². The SMILES string of the molecule is c1ccc(-c2ccc(N3c4cc(-c5ccccc5)ccc4B4c5ccc6c(c5N(c5ccc(-c7ccccc7)cc5)c5cccc3c54)c3ccccc3n6-c3cccc(-c4ccccc4)c3)cc2)cc1. The van der Waals surface area contributed by atoms with Crippen LogP contribution in [0.25, 0.3) is 72.0 Å². The van der Waals surface area contributed by atoms with Crippen molar-refractivity contribution in [2.75, 3.05) is 9.80 Å². The standard InChI is InChI=1S/C66H44BN3/c1-5-17-45(18-6-1)49-31-36-53(37-32-49)68-61-29-16-30-62-65(61)67(57-40-35-52(44-63(57)68)48-23-11-4-12-24-48)58-41-42-60-64(66(58)70(62)54-38-33-50(34-39-54)46-19-7-2-8-20-46)56-27-13-14-28-59(56)69(60)55-26-15-25-51(43-55)47-21-9-3-10-22-47/h1-44H. The summed E-state index contributed by atoms with van der Waals surface area (Å²) >= 11 is 0. The maximum Gasteiger partial charge on any atom is 0.252 e. The van der Waals surface area contributed by atoms with Gasteiger partial charge in [0.05, 0.1) is 16.7 Å². The monoisotopic (exact) mass is 889 g/mol. The lowest BCUT2D eigenvalue weighted by Crippen LogP contribution is -2.61. The smallest absolute Gasteiger partial charge is 0.252 e. The van der Waals surface area contributed by atoms with E-state index in [9.17, 15) is 0 Å². The van der Waals surface area contributed by atoms with E-state index in [1.165, 1.54) is 105 Å². The summed E-state index contributed by atoms with van der Waals surface area (Å²) in [5.41, 5.74) is 23.9. The van der Waals surface area contributed by atoms with Gasteiger partial charge in [0.15, 0.2) is 0 Å². The number of anilines is 6. The Kier molecular flexibility index (Phi) is 9.31. The summed E-state index contributed by atoms with van der Waals surface area (Å²) < 4.78 is 2.47. The van der Waals surface area contributed by atoms with E-state index in [4.69, 9.17) is 0 Å². The molecule has 0 fully saturated rings. The van der Waals surface area contributed by atoms with Crippen LogP contribution >= 0.6 is 0 Å². The topological polar surface area (TPSA) is 11.4 Å². The van der Waals surface area contributed by atoms with E-state index in [1.54, 1.807) is 0 Å². The van der Waals surface area contributed by atoms with Gasteiger partial charge in [-0.25, -0.2) is 0 Å². The average molecular weight is 890 g/mol. The maximum absolute atomic E-state index is 2.57. The van der Waals surface area contributed by atoms with Crippen molar-refractivity contribution in [1.29, 1.82) is 0 Å². The zero-order valence-electron chi connectivity index (χ0n) is 38.3. The van der Waals surface area contributed by atoms with Crippen LogP contribution in [-0.4, -0.2) is 11.3 Å². The van der Waals surface area contributed by atoms with Crippen molar-refractivity contribution in [2.24, 2.45) is 0 Å². The molecule has 2 aliphatic rings. The summed E-state index contributed by atoms with van der Waals surface area (Å²) in [6, 6.07) is 98.1. The zero-order valence-corrected chi connectivity index (χ0v) is 38.3. The van der Waals surface area contributed by atoms with E-state index < -0.39 is 0 Å². The molecule has 2 aliphatic heterocycles. The molecule has 0 spiro atoms. The van der Waals surface area contributed by atoms with Crippen LogP contribution in [-0.2, 0) is 0 Å². The van der Waals surface area contributed by atoms with E-state index in [1.807, 2.05) is 0 Å². The molecule has 0 atom stereocenters. The van der Waals surface area contributed by atoms with E-state index in [0.717, 1.165) is 17.1 Å². The predicted molar refractivity (Wildman–Crippen MR) is 297 cm³/mol. The minimum absolute atomic E-state index is 0.0476. The highest BCUT2D eigenvalue weighted by Crippen LogP contribution is 2.49. The van der Waals surface area contributed by atoms with Gasteiger partial charge in [0.1, 0.15) is 0 Å². The average Bonchev–Trinajstić information content (AvgIpc) is 3.79. The van der Waals surface area contributed by atoms with Gasteiger partial charge in [-0.15, -0.1) is 0 Å². The van der Waals surface area contributed by atoms with Gasteiger partial charge in [-0.1, -0.05) is 200 Å². The quantitative estimate of drug-likeness (QED) is 0.148. The van der Waals surface area contributed by atoms with Crippen LogP contribution in [0.3, 0.4) is 0 Å². The van der Waals surface area contributed by atoms with Crippen molar-refractivity contribution < 1.29 is 0 Å². The molecular weight excluding hydrogens is 846 g/mol. The number of hydrogen-bond acceptors (Lipinski definition) is 2. The Morgan fingerprint density at radius 3 is 1.34 bits per heavy atom. The van der Waals surface area contributed by atoms with Gasteiger partial charge in [0, 0.05) is 44.9 Å². The molecule has 0 saturated carbocycles. The van der Waals surface area contributed by atoms with E-state index in [-0.39, 0.29) is 6.71 Å². The number of nitrogens with zero attached hydrogens (tertiary/aromatic N) is 3. The molecule has 0 unspecified atom stereocenters. The first kappa shape index (κ1) is 40.0. The van der Waals surface area contributed by atoms with Crippen molar-refractivity contribution >= 4 is 79.0 Å². The van der Waals surface area contributed by atoms with Crippen LogP contribution in [0.15, 0.2) is 267 Å². The maximum atomic E-state index is 2.57. The number of para-hydroxylation sites is 1. The molecular formula is C66H44BN3.